The van der Waals surface area contributed by atoms with Crippen molar-refractivity contribution in [3.05, 3.63) is 95.6 Å². The Labute approximate surface area is 195 Å². The number of halogens is 2. The summed E-state index contributed by atoms with van der Waals surface area (Å²) in [5.74, 6) is -2.43. The molecule has 176 valence electrons. The van der Waals surface area contributed by atoms with E-state index in [0.717, 1.165) is 6.07 Å². The highest BCUT2D eigenvalue weighted by Gasteiger charge is 2.44. The minimum atomic E-state index is -4.37. The van der Waals surface area contributed by atoms with Crippen LogP contribution in [0, 0.1) is 11.6 Å². The first kappa shape index (κ1) is 23.4. The molecule has 0 aliphatic carbocycles. The van der Waals surface area contributed by atoms with Crippen molar-refractivity contribution in [1.29, 1.82) is 0 Å². The second-order valence-electron chi connectivity index (χ2n) is 7.83. The summed E-state index contributed by atoms with van der Waals surface area (Å²) < 4.78 is 54.8. The van der Waals surface area contributed by atoms with Crippen LogP contribution in [0.15, 0.2) is 77.7 Å². The number of urea groups is 1. The summed E-state index contributed by atoms with van der Waals surface area (Å²) >= 11 is 0. The number of hydrogen-bond acceptors (Lipinski definition) is 4. The zero-order valence-corrected chi connectivity index (χ0v) is 18.9. The number of sulfonamides is 1. The highest BCUT2D eigenvalue weighted by atomic mass is 32.2. The first-order valence-electron chi connectivity index (χ1n) is 10.4. The van der Waals surface area contributed by atoms with E-state index in [2.05, 4.69) is 10.6 Å². The summed E-state index contributed by atoms with van der Waals surface area (Å²) in [5.41, 5.74) is 0.749. The number of anilines is 1. The molecule has 3 aromatic rings. The Bertz CT molecular complexity index is 1350. The minimum Gasteiger partial charge on any atom is -0.348 e. The lowest BCUT2D eigenvalue weighted by molar-refractivity contribution is -0.125. The summed E-state index contributed by atoms with van der Waals surface area (Å²) in [6.45, 7) is 1.48. The van der Waals surface area contributed by atoms with Crippen LogP contribution in [0.1, 0.15) is 24.1 Å². The third-order valence-electron chi connectivity index (χ3n) is 5.51. The molecule has 34 heavy (non-hydrogen) atoms. The van der Waals surface area contributed by atoms with E-state index < -0.39 is 45.7 Å². The minimum absolute atomic E-state index is 0.0181. The highest BCUT2D eigenvalue weighted by Crippen LogP contribution is 2.32. The molecule has 7 nitrogen and oxygen atoms in total. The Hall–Kier alpha value is -3.79. The molecule has 0 aromatic heterocycles. The van der Waals surface area contributed by atoms with Crippen molar-refractivity contribution in [3.8, 4) is 0 Å². The van der Waals surface area contributed by atoms with Gasteiger partial charge in [0.25, 0.3) is 10.0 Å². The van der Waals surface area contributed by atoms with Gasteiger partial charge in [-0.3, -0.25) is 4.79 Å². The monoisotopic (exact) mass is 485 g/mol. The molecule has 2 atom stereocenters. The molecule has 0 spiro atoms. The zero-order valence-electron chi connectivity index (χ0n) is 18.0. The average Bonchev–Trinajstić information content (AvgIpc) is 2.78. The van der Waals surface area contributed by atoms with Crippen LogP contribution in [-0.4, -0.2) is 30.7 Å². The molecule has 2 N–H and O–H groups in total. The average molecular weight is 486 g/mol. The van der Waals surface area contributed by atoms with E-state index in [1.807, 2.05) is 0 Å². The van der Waals surface area contributed by atoms with Crippen LogP contribution in [0.25, 0.3) is 0 Å². The Morgan fingerprint density at radius 2 is 1.71 bits per heavy atom. The molecule has 3 aromatic carbocycles. The van der Waals surface area contributed by atoms with Gasteiger partial charge in [-0.05, 0) is 30.7 Å². The number of para-hydroxylation sites is 1. The van der Waals surface area contributed by atoms with E-state index in [9.17, 15) is 26.8 Å². The molecular formula is C24H21F2N3O4S. The first-order valence-corrected chi connectivity index (χ1v) is 11.9. The summed E-state index contributed by atoms with van der Waals surface area (Å²) in [6, 6.07) is 14.1. The fourth-order valence-electron chi connectivity index (χ4n) is 3.85. The summed E-state index contributed by atoms with van der Waals surface area (Å²) in [7, 11) is -4.37. The van der Waals surface area contributed by atoms with Crippen LogP contribution in [0.3, 0.4) is 0 Å². The van der Waals surface area contributed by atoms with Gasteiger partial charge >= 0.3 is 6.03 Å². The number of carbonyl (C=O) groups excluding carboxylic acids is 2. The Morgan fingerprint density at radius 1 is 1.03 bits per heavy atom. The number of nitrogens with zero attached hydrogens (tertiary/aromatic N) is 1. The molecular weight excluding hydrogens is 464 g/mol. The van der Waals surface area contributed by atoms with Crippen molar-refractivity contribution in [2.75, 3.05) is 5.32 Å². The molecule has 0 saturated heterocycles. The molecule has 0 fully saturated rings. The SMILES string of the molecule is C[C@@H](NC(=O)[C@@H](Cc1ccccc1)N1C(=O)Nc2ccccc2S1(=O)=O)c1ccc(F)cc1F. The number of nitrogens with one attached hydrogen (secondary N) is 2. The molecule has 1 heterocycles. The summed E-state index contributed by atoms with van der Waals surface area (Å²) in [5, 5.41) is 5.08. The van der Waals surface area contributed by atoms with Crippen LogP contribution in [-0.2, 0) is 21.2 Å². The van der Waals surface area contributed by atoms with Crippen molar-refractivity contribution in [3.63, 3.8) is 0 Å². The van der Waals surface area contributed by atoms with Gasteiger partial charge < -0.3 is 10.6 Å². The van der Waals surface area contributed by atoms with E-state index in [-0.39, 0.29) is 22.6 Å². The molecule has 4 rings (SSSR count). The van der Waals surface area contributed by atoms with Crippen LogP contribution in [0.4, 0.5) is 19.3 Å². The Morgan fingerprint density at radius 3 is 2.41 bits per heavy atom. The van der Waals surface area contributed by atoms with Gasteiger partial charge in [-0.1, -0.05) is 48.5 Å². The maximum Gasteiger partial charge on any atom is 0.336 e. The summed E-state index contributed by atoms with van der Waals surface area (Å²) in [6.07, 6.45) is -0.111. The molecule has 0 bridgehead atoms. The first-order chi connectivity index (χ1) is 16.2. The van der Waals surface area contributed by atoms with E-state index in [1.54, 1.807) is 36.4 Å². The number of fused-ring (bicyclic) bond motifs is 1. The smallest absolute Gasteiger partial charge is 0.336 e. The maximum absolute atomic E-state index is 14.2. The van der Waals surface area contributed by atoms with Crippen molar-refractivity contribution >= 4 is 27.6 Å². The quantitative estimate of drug-likeness (QED) is 0.552. The lowest BCUT2D eigenvalue weighted by Crippen LogP contribution is -2.56. The van der Waals surface area contributed by atoms with Crippen LogP contribution < -0.4 is 10.6 Å². The second kappa shape index (κ2) is 9.22. The van der Waals surface area contributed by atoms with Gasteiger partial charge in [0.15, 0.2) is 0 Å². The fraction of sp³-hybridized carbons (Fsp3) is 0.167. The topological polar surface area (TPSA) is 95.6 Å². The molecule has 0 unspecified atom stereocenters. The van der Waals surface area contributed by atoms with Crippen molar-refractivity contribution < 1.29 is 26.8 Å². The lowest BCUT2D eigenvalue weighted by atomic mass is 10.0. The number of rotatable bonds is 6. The van der Waals surface area contributed by atoms with Gasteiger partial charge in [0, 0.05) is 18.1 Å². The van der Waals surface area contributed by atoms with Crippen LogP contribution in [0.2, 0.25) is 0 Å². The number of amides is 3. The fourth-order valence-corrected chi connectivity index (χ4v) is 5.48. The van der Waals surface area contributed by atoms with Gasteiger partial charge in [0.2, 0.25) is 5.91 Å². The Balaban J connectivity index is 1.71. The molecule has 3 amide bonds. The zero-order chi connectivity index (χ0) is 24.5. The van der Waals surface area contributed by atoms with Gasteiger partial charge in [0.1, 0.15) is 22.6 Å². The lowest BCUT2D eigenvalue weighted by Gasteiger charge is -2.34. The summed E-state index contributed by atoms with van der Waals surface area (Å²) in [4.78, 5) is 26.1. The van der Waals surface area contributed by atoms with Gasteiger partial charge in [-0.15, -0.1) is 0 Å². The van der Waals surface area contributed by atoms with E-state index >= 15 is 0 Å². The van der Waals surface area contributed by atoms with Crippen molar-refractivity contribution in [2.24, 2.45) is 0 Å². The maximum atomic E-state index is 14.2. The largest absolute Gasteiger partial charge is 0.348 e. The van der Waals surface area contributed by atoms with E-state index in [0.29, 0.717) is 15.9 Å². The van der Waals surface area contributed by atoms with E-state index in [1.165, 1.54) is 31.2 Å². The van der Waals surface area contributed by atoms with Gasteiger partial charge in [0.05, 0.1) is 11.7 Å². The number of benzene rings is 3. The standard InChI is InChI=1S/C24H21F2N3O4S/c1-15(18-12-11-17(25)14-19(18)26)27-23(30)21(13-16-7-3-2-4-8-16)29-24(31)28-20-9-5-6-10-22(20)34(29,32)33/h2-12,14-15,21H,13H2,1H3,(H,27,30)(H,28,31)/t15-,21-/m1/s1. The second-order valence-corrected chi connectivity index (χ2v) is 9.61. The predicted molar refractivity (Wildman–Crippen MR) is 121 cm³/mol. The predicted octanol–water partition coefficient (Wildman–Crippen LogP) is 3.99. The molecule has 1 aliphatic heterocycles. The van der Waals surface area contributed by atoms with Gasteiger partial charge in [-0.2, -0.15) is 0 Å². The van der Waals surface area contributed by atoms with Gasteiger partial charge in [-0.25, -0.2) is 26.3 Å². The molecule has 1 aliphatic rings. The molecule has 0 radical (unpaired) electrons. The molecule has 0 saturated carbocycles. The highest BCUT2D eigenvalue weighted by molar-refractivity contribution is 7.90. The molecule has 10 heteroatoms. The normalized spacial score (nSPS) is 16.2. The van der Waals surface area contributed by atoms with Crippen LogP contribution in [0.5, 0.6) is 0 Å². The Kier molecular flexibility index (Phi) is 6.34. The number of carbonyl (C=O) groups is 2. The third-order valence-corrected chi connectivity index (χ3v) is 7.36. The van der Waals surface area contributed by atoms with E-state index in [4.69, 9.17) is 0 Å². The van der Waals surface area contributed by atoms with Crippen molar-refractivity contribution in [2.45, 2.75) is 30.3 Å². The van der Waals surface area contributed by atoms with Crippen LogP contribution >= 0.6 is 0 Å². The third kappa shape index (κ3) is 4.49. The van der Waals surface area contributed by atoms with Crippen molar-refractivity contribution in [1.82, 2.24) is 9.62 Å². The number of hydrogen-bond donors (Lipinski definition) is 2.